The molecule has 3 heteroatoms. The zero-order valence-electron chi connectivity index (χ0n) is 16.3. The van der Waals surface area contributed by atoms with Crippen molar-refractivity contribution in [1.29, 1.82) is 5.26 Å². The molecule has 4 rings (SSSR count). The molecule has 0 spiro atoms. The molecule has 4 aliphatic carbocycles. The lowest BCUT2D eigenvalue weighted by Crippen LogP contribution is -2.56. The monoisotopic (exact) mass is 345 g/mol. The molecule has 0 saturated heterocycles. The van der Waals surface area contributed by atoms with Gasteiger partial charge in [0.05, 0.1) is 24.2 Å². The summed E-state index contributed by atoms with van der Waals surface area (Å²) in [6.07, 6.45) is 11.3. The summed E-state index contributed by atoms with van der Waals surface area (Å²) < 4.78 is 5.89. The first-order chi connectivity index (χ1) is 11.9. The van der Waals surface area contributed by atoms with Crippen molar-refractivity contribution in [3.05, 3.63) is 0 Å². The molecule has 0 aliphatic heterocycles. The number of nitrogens with zero attached hydrogens (tertiary/aromatic N) is 1. The van der Waals surface area contributed by atoms with Gasteiger partial charge in [0.25, 0.3) is 0 Å². The van der Waals surface area contributed by atoms with Crippen LogP contribution in [0.4, 0.5) is 0 Å². The van der Waals surface area contributed by atoms with Crippen molar-refractivity contribution < 1.29 is 9.84 Å². The van der Waals surface area contributed by atoms with Crippen molar-refractivity contribution in [3.8, 4) is 6.07 Å². The van der Waals surface area contributed by atoms with E-state index in [1.54, 1.807) is 0 Å². The maximum Gasteiger partial charge on any atom is 0.0780 e. The Hall–Kier alpha value is -0.590. The molecule has 140 valence electrons. The summed E-state index contributed by atoms with van der Waals surface area (Å²) in [6, 6.07) is 2.22. The smallest absolute Gasteiger partial charge is 0.0780 e. The van der Waals surface area contributed by atoms with Crippen molar-refractivity contribution in [3.63, 3.8) is 0 Å². The third-order valence-electron chi connectivity index (χ3n) is 9.43. The van der Waals surface area contributed by atoms with Gasteiger partial charge >= 0.3 is 0 Å². The lowest BCUT2D eigenvalue weighted by Gasteiger charge is -2.61. The molecule has 0 aromatic rings. The molecule has 0 aromatic heterocycles. The van der Waals surface area contributed by atoms with E-state index in [1.807, 2.05) is 7.11 Å². The Bertz CT molecular complexity index is 571. The molecular formula is C22H35NO2. The van der Waals surface area contributed by atoms with Gasteiger partial charge in [0.1, 0.15) is 0 Å². The van der Waals surface area contributed by atoms with Crippen LogP contribution in [0.5, 0.6) is 0 Å². The topological polar surface area (TPSA) is 53.2 Å². The summed E-state index contributed by atoms with van der Waals surface area (Å²) in [7, 11) is 1.90. The molecule has 0 aromatic carbocycles. The molecule has 1 N–H and O–H groups in total. The number of methoxy groups -OCH3 is 1. The molecule has 4 saturated carbocycles. The molecule has 0 bridgehead atoms. The third kappa shape index (κ3) is 2.51. The summed E-state index contributed by atoms with van der Waals surface area (Å²) in [5.74, 6) is 3.09. The van der Waals surface area contributed by atoms with E-state index < -0.39 is 5.60 Å². The molecule has 0 heterocycles. The largest absolute Gasteiger partial charge is 0.389 e. The second-order valence-electron chi connectivity index (χ2n) is 10.3. The molecule has 0 radical (unpaired) electrons. The zero-order chi connectivity index (χ0) is 17.9. The van der Waals surface area contributed by atoms with Gasteiger partial charge in [-0.1, -0.05) is 13.8 Å². The van der Waals surface area contributed by atoms with Crippen LogP contribution >= 0.6 is 0 Å². The summed E-state index contributed by atoms with van der Waals surface area (Å²) in [6.45, 7) is 5.02. The van der Waals surface area contributed by atoms with Crippen LogP contribution in [-0.2, 0) is 4.74 Å². The first kappa shape index (κ1) is 17.8. The van der Waals surface area contributed by atoms with Crippen molar-refractivity contribution in [2.45, 2.75) is 89.8 Å². The Labute approximate surface area is 153 Å². The first-order valence-corrected chi connectivity index (χ1v) is 10.5. The minimum atomic E-state index is -0.719. The van der Waals surface area contributed by atoms with Crippen LogP contribution in [0, 0.1) is 45.8 Å². The fourth-order valence-electron chi connectivity index (χ4n) is 7.97. The Morgan fingerprint density at radius 3 is 2.48 bits per heavy atom. The van der Waals surface area contributed by atoms with Crippen molar-refractivity contribution in [1.82, 2.24) is 0 Å². The molecule has 0 amide bonds. The van der Waals surface area contributed by atoms with Gasteiger partial charge in [-0.15, -0.1) is 0 Å². The number of hydrogen-bond acceptors (Lipinski definition) is 3. The Morgan fingerprint density at radius 2 is 1.76 bits per heavy atom. The Morgan fingerprint density at radius 1 is 1.00 bits per heavy atom. The van der Waals surface area contributed by atoms with E-state index >= 15 is 0 Å². The van der Waals surface area contributed by atoms with E-state index in [0.29, 0.717) is 29.3 Å². The van der Waals surface area contributed by atoms with E-state index in [9.17, 15) is 5.11 Å². The fourth-order valence-corrected chi connectivity index (χ4v) is 7.97. The van der Waals surface area contributed by atoms with Crippen LogP contribution in [0.15, 0.2) is 0 Å². The highest BCUT2D eigenvalue weighted by Crippen LogP contribution is 2.67. The number of nitriles is 1. The molecule has 4 aliphatic rings. The average Bonchev–Trinajstić information content (AvgIpc) is 2.92. The van der Waals surface area contributed by atoms with Gasteiger partial charge in [-0.2, -0.15) is 5.26 Å². The highest BCUT2D eigenvalue weighted by molar-refractivity contribution is 5.11. The van der Waals surface area contributed by atoms with E-state index in [0.717, 1.165) is 37.0 Å². The van der Waals surface area contributed by atoms with Gasteiger partial charge in [-0.3, -0.25) is 0 Å². The van der Waals surface area contributed by atoms with Gasteiger partial charge in [0.2, 0.25) is 0 Å². The second-order valence-corrected chi connectivity index (χ2v) is 10.3. The average molecular weight is 346 g/mol. The minimum absolute atomic E-state index is 0.309. The zero-order valence-corrected chi connectivity index (χ0v) is 16.3. The molecular weight excluding hydrogens is 310 g/mol. The number of fused-ring (bicyclic) bond motifs is 5. The maximum atomic E-state index is 10.8. The minimum Gasteiger partial charge on any atom is -0.389 e. The van der Waals surface area contributed by atoms with Gasteiger partial charge < -0.3 is 9.84 Å². The van der Waals surface area contributed by atoms with Gasteiger partial charge in [-0.05, 0) is 92.3 Å². The lowest BCUT2D eigenvalue weighted by molar-refractivity contribution is -0.155. The van der Waals surface area contributed by atoms with Crippen molar-refractivity contribution in [2.24, 2.45) is 34.5 Å². The number of rotatable bonds is 2. The van der Waals surface area contributed by atoms with E-state index in [1.165, 1.54) is 38.5 Å². The molecule has 25 heavy (non-hydrogen) atoms. The van der Waals surface area contributed by atoms with Gasteiger partial charge in [0.15, 0.2) is 0 Å². The summed E-state index contributed by atoms with van der Waals surface area (Å²) in [4.78, 5) is 0. The van der Waals surface area contributed by atoms with Crippen molar-refractivity contribution >= 4 is 0 Å². The third-order valence-corrected chi connectivity index (χ3v) is 9.43. The summed E-state index contributed by atoms with van der Waals surface area (Å²) in [5, 5.41) is 19.9. The Kier molecular flexibility index (Phi) is 4.25. The quantitative estimate of drug-likeness (QED) is 0.790. The predicted octanol–water partition coefficient (Wildman–Crippen LogP) is 4.69. The Balaban J connectivity index is 1.57. The van der Waals surface area contributed by atoms with E-state index in [-0.39, 0.29) is 0 Å². The molecule has 4 fully saturated rings. The summed E-state index contributed by atoms with van der Waals surface area (Å²) in [5.41, 5.74) is 0.0376. The number of hydrogen-bond donors (Lipinski definition) is 1. The highest BCUT2D eigenvalue weighted by atomic mass is 16.5. The number of aliphatic hydroxyl groups is 1. The SMILES string of the molecule is COC1CC[C@H]2[C@@H]3CCC4CC(O)(CC#N)CC[C@]4(C)[C@@H]3CC[C@]12C. The molecule has 3 nitrogen and oxygen atoms in total. The lowest BCUT2D eigenvalue weighted by atomic mass is 9.44. The summed E-state index contributed by atoms with van der Waals surface area (Å²) >= 11 is 0. The van der Waals surface area contributed by atoms with Crippen LogP contribution in [0.2, 0.25) is 0 Å². The first-order valence-electron chi connectivity index (χ1n) is 10.5. The van der Waals surface area contributed by atoms with Crippen LogP contribution in [-0.4, -0.2) is 23.9 Å². The maximum absolute atomic E-state index is 10.8. The molecule has 3 unspecified atom stereocenters. The molecule has 8 atom stereocenters. The second kappa shape index (κ2) is 5.96. The van der Waals surface area contributed by atoms with Crippen molar-refractivity contribution in [2.75, 3.05) is 7.11 Å². The normalized spacial score (nSPS) is 54.9. The fraction of sp³-hybridized carbons (Fsp3) is 0.955. The van der Waals surface area contributed by atoms with Crippen LogP contribution in [0.1, 0.15) is 78.1 Å². The van der Waals surface area contributed by atoms with Gasteiger partial charge in [-0.25, -0.2) is 0 Å². The van der Waals surface area contributed by atoms with E-state index in [2.05, 4.69) is 19.9 Å². The highest BCUT2D eigenvalue weighted by Gasteiger charge is 2.61. The van der Waals surface area contributed by atoms with E-state index in [4.69, 9.17) is 10.00 Å². The standard InChI is InChI=1S/C22H35NO2/c1-20-10-11-22(24,12-13-23)14-15(20)4-5-16-17-6-7-19(25-3)21(17,2)9-8-18(16)20/h15-19,24H,4-12,14H2,1-3H3/t15?,16-,17-,18+,19?,20-,21-,22?/m0/s1. The van der Waals surface area contributed by atoms with Gasteiger partial charge in [0, 0.05) is 7.11 Å². The van der Waals surface area contributed by atoms with Crippen LogP contribution in [0.3, 0.4) is 0 Å². The van der Waals surface area contributed by atoms with Crippen LogP contribution in [0.25, 0.3) is 0 Å². The predicted molar refractivity (Wildman–Crippen MR) is 97.7 cm³/mol. The number of ether oxygens (including phenoxy) is 1. The van der Waals surface area contributed by atoms with Crippen LogP contribution < -0.4 is 0 Å².